The van der Waals surface area contributed by atoms with Gasteiger partial charge in [-0.05, 0) is 37.3 Å². The van der Waals surface area contributed by atoms with Gasteiger partial charge < -0.3 is 20.6 Å². The van der Waals surface area contributed by atoms with E-state index in [9.17, 15) is 4.79 Å². The van der Waals surface area contributed by atoms with Crippen molar-refractivity contribution in [3.05, 3.63) is 48.3 Å². The second kappa shape index (κ2) is 9.28. The number of aromatic nitrogens is 4. The highest BCUT2D eigenvalue weighted by molar-refractivity contribution is 7.99. The van der Waals surface area contributed by atoms with Crippen molar-refractivity contribution in [2.45, 2.75) is 18.1 Å². The number of ether oxygens (including phenoxy) is 2. The van der Waals surface area contributed by atoms with E-state index in [4.69, 9.17) is 15.3 Å². The highest BCUT2D eigenvalue weighted by atomic mass is 32.2. The van der Waals surface area contributed by atoms with Gasteiger partial charge in [-0.25, -0.2) is 4.68 Å². The smallest absolute Gasteiger partial charge is 0.230 e. The lowest BCUT2D eigenvalue weighted by molar-refractivity contribution is -0.119. The highest BCUT2D eigenvalue weighted by Gasteiger charge is 2.17. The van der Waals surface area contributed by atoms with Crippen LogP contribution in [-0.4, -0.2) is 45.7 Å². The quantitative estimate of drug-likeness (QED) is 0.425. The Bertz CT molecular complexity index is 979. The highest BCUT2D eigenvalue weighted by Crippen LogP contribution is 2.29. The molecule has 0 saturated heterocycles. The van der Waals surface area contributed by atoms with Crippen molar-refractivity contribution in [3.63, 3.8) is 0 Å². The normalized spacial score (nSPS) is 11.7. The van der Waals surface area contributed by atoms with Gasteiger partial charge in [0.25, 0.3) is 0 Å². The number of nitrogens with two attached hydrogens (primary N) is 1. The number of hydrogen-bond donors (Lipinski definition) is 2. The van der Waals surface area contributed by atoms with Crippen molar-refractivity contribution in [1.82, 2.24) is 25.2 Å². The molecule has 10 heteroatoms. The summed E-state index contributed by atoms with van der Waals surface area (Å²) >= 11 is 1.20. The van der Waals surface area contributed by atoms with Crippen LogP contribution in [0.5, 0.6) is 11.5 Å². The molecule has 2 aromatic heterocycles. The van der Waals surface area contributed by atoms with Gasteiger partial charge in [0.2, 0.25) is 11.1 Å². The van der Waals surface area contributed by atoms with Gasteiger partial charge in [0, 0.05) is 23.5 Å². The van der Waals surface area contributed by atoms with Crippen molar-refractivity contribution in [2.75, 3.05) is 25.8 Å². The molecule has 0 radical (unpaired) electrons. The Morgan fingerprint density at radius 1 is 1.28 bits per heavy atom. The van der Waals surface area contributed by atoms with Gasteiger partial charge in [-0.3, -0.25) is 9.78 Å². The van der Waals surface area contributed by atoms with Crippen molar-refractivity contribution < 1.29 is 14.3 Å². The molecule has 0 spiro atoms. The van der Waals surface area contributed by atoms with E-state index >= 15 is 0 Å². The first-order valence-corrected chi connectivity index (χ1v) is 9.77. The van der Waals surface area contributed by atoms with E-state index in [2.05, 4.69) is 20.5 Å². The van der Waals surface area contributed by atoms with Crippen molar-refractivity contribution in [1.29, 1.82) is 0 Å². The fourth-order valence-electron chi connectivity index (χ4n) is 2.74. The standard InChI is InChI=1S/C19H22N6O3S/c1-12(15-9-14(27-2)6-7-16(15)28-3)22-17(26)11-29-19-24-23-18(25(19)20)13-5-4-8-21-10-13/h4-10,12H,11,20H2,1-3H3,(H,22,26)/t12-/m0/s1. The van der Waals surface area contributed by atoms with Crippen LogP contribution in [0.2, 0.25) is 0 Å². The summed E-state index contributed by atoms with van der Waals surface area (Å²) in [5, 5.41) is 11.5. The molecule has 29 heavy (non-hydrogen) atoms. The summed E-state index contributed by atoms with van der Waals surface area (Å²) in [7, 11) is 3.18. The van der Waals surface area contributed by atoms with E-state index in [0.29, 0.717) is 22.5 Å². The fraction of sp³-hybridized carbons (Fsp3) is 0.263. The number of amides is 1. The summed E-state index contributed by atoms with van der Waals surface area (Å²) in [6, 6.07) is 8.81. The van der Waals surface area contributed by atoms with Gasteiger partial charge in [0.1, 0.15) is 11.5 Å². The van der Waals surface area contributed by atoms with Crippen molar-refractivity contribution in [2.24, 2.45) is 0 Å². The summed E-state index contributed by atoms with van der Waals surface area (Å²) in [6.07, 6.45) is 3.32. The van der Waals surface area contributed by atoms with E-state index in [1.54, 1.807) is 38.7 Å². The lowest BCUT2D eigenvalue weighted by Crippen LogP contribution is -2.28. The summed E-state index contributed by atoms with van der Waals surface area (Å²) in [5.41, 5.74) is 1.57. The molecule has 1 atom stereocenters. The number of carbonyl (C=O) groups excluding carboxylic acids is 1. The number of nitrogens with zero attached hydrogens (tertiary/aromatic N) is 4. The van der Waals surface area contributed by atoms with Gasteiger partial charge in [0.05, 0.1) is 26.0 Å². The average molecular weight is 414 g/mol. The summed E-state index contributed by atoms with van der Waals surface area (Å²) in [6.45, 7) is 1.88. The maximum Gasteiger partial charge on any atom is 0.230 e. The third-order valence-electron chi connectivity index (χ3n) is 4.20. The molecule has 9 nitrogen and oxygen atoms in total. The van der Waals surface area contributed by atoms with Crippen LogP contribution >= 0.6 is 11.8 Å². The van der Waals surface area contributed by atoms with Gasteiger partial charge in [0.15, 0.2) is 5.82 Å². The maximum atomic E-state index is 12.4. The number of nitrogens with one attached hydrogen (secondary N) is 1. The van der Waals surface area contributed by atoms with Crippen LogP contribution in [0.3, 0.4) is 0 Å². The van der Waals surface area contributed by atoms with Gasteiger partial charge in [-0.1, -0.05) is 11.8 Å². The zero-order chi connectivity index (χ0) is 20.8. The van der Waals surface area contributed by atoms with E-state index in [-0.39, 0.29) is 17.7 Å². The molecule has 1 aromatic carbocycles. The fourth-order valence-corrected chi connectivity index (χ4v) is 3.40. The largest absolute Gasteiger partial charge is 0.497 e. The first-order chi connectivity index (χ1) is 14.0. The predicted molar refractivity (Wildman–Crippen MR) is 110 cm³/mol. The second-order valence-corrected chi connectivity index (χ2v) is 7.05. The zero-order valence-corrected chi connectivity index (χ0v) is 17.1. The monoisotopic (exact) mass is 414 g/mol. The van der Waals surface area contributed by atoms with Gasteiger partial charge in [-0.2, -0.15) is 0 Å². The average Bonchev–Trinajstić information content (AvgIpc) is 3.12. The van der Waals surface area contributed by atoms with Crippen LogP contribution in [-0.2, 0) is 4.79 Å². The van der Waals surface area contributed by atoms with E-state index in [1.807, 2.05) is 25.1 Å². The van der Waals surface area contributed by atoms with Crippen LogP contribution in [0.25, 0.3) is 11.4 Å². The molecule has 0 unspecified atom stereocenters. The lowest BCUT2D eigenvalue weighted by Gasteiger charge is -2.18. The Labute approximate surface area is 172 Å². The molecule has 0 saturated carbocycles. The second-order valence-electron chi connectivity index (χ2n) is 6.10. The van der Waals surface area contributed by atoms with Crippen LogP contribution in [0, 0.1) is 0 Å². The number of pyridine rings is 1. The van der Waals surface area contributed by atoms with Crippen molar-refractivity contribution in [3.8, 4) is 22.9 Å². The summed E-state index contributed by atoms with van der Waals surface area (Å²) in [5.74, 6) is 7.88. The first-order valence-electron chi connectivity index (χ1n) is 8.78. The minimum Gasteiger partial charge on any atom is -0.497 e. The number of nitrogen functional groups attached to an aromatic ring is 1. The molecule has 3 N–H and O–H groups in total. The topological polar surface area (TPSA) is 117 Å². The predicted octanol–water partition coefficient (Wildman–Crippen LogP) is 2.04. The van der Waals surface area contributed by atoms with E-state index < -0.39 is 0 Å². The molecular weight excluding hydrogens is 392 g/mol. The third kappa shape index (κ3) is 4.77. The van der Waals surface area contributed by atoms with Gasteiger partial charge >= 0.3 is 0 Å². The molecule has 0 aliphatic heterocycles. The molecule has 0 fully saturated rings. The van der Waals surface area contributed by atoms with E-state index in [1.165, 1.54) is 16.4 Å². The SMILES string of the molecule is COc1ccc(OC)c([C@H](C)NC(=O)CSc2nnc(-c3cccnc3)n2N)c1. The summed E-state index contributed by atoms with van der Waals surface area (Å²) < 4.78 is 12.0. The Balaban J connectivity index is 1.63. The Hall–Kier alpha value is -3.27. The van der Waals surface area contributed by atoms with Crippen LogP contribution in [0.1, 0.15) is 18.5 Å². The number of hydrogen-bond acceptors (Lipinski definition) is 8. The van der Waals surface area contributed by atoms with Crippen LogP contribution < -0.4 is 20.6 Å². The number of benzene rings is 1. The molecule has 0 aliphatic rings. The number of thioether (sulfide) groups is 1. The van der Waals surface area contributed by atoms with E-state index in [0.717, 1.165) is 11.1 Å². The Morgan fingerprint density at radius 3 is 2.79 bits per heavy atom. The van der Waals surface area contributed by atoms with Crippen LogP contribution in [0.4, 0.5) is 0 Å². The molecule has 152 valence electrons. The minimum absolute atomic E-state index is 0.138. The third-order valence-corrected chi connectivity index (χ3v) is 5.14. The number of carbonyl (C=O) groups is 1. The number of rotatable bonds is 8. The Morgan fingerprint density at radius 2 is 2.10 bits per heavy atom. The Kier molecular flexibility index (Phi) is 6.55. The molecule has 0 bridgehead atoms. The number of methoxy groups -OCH3 is 2. The van der Waals surface area contributed by atoms with Crippen molar-refractivity contribution >= 4 is 17.7 Å². The minimum atomic E-state index is -0.269. The lowest BCUT2D eigenvalue weighted by atomic mass is 10.1. The molecule has 3 rings (SSSR count). The molecule has 3 aromatic rings. The molecule has 1 amide bonds. The van der Waals surface area contributed by atoms with Crippen LogP contribution in [0.15, 0.2) is 47.9 Å². The zero-order valence-electron chi connectivity index (χ0n) is 16.3. The molecule has 0 aliphatic carbocycles. The maximum absolute atomic E-state index is 12.4. The summed E-state index contributed by atoms with van der Waals surface area (Å²) in [4.78, 5) is 16.5. The van der Waals surface area contributed by atoms with Gasteiger partial charge in [-0.15, -0.1) is 10.2 Å². The molecular formula is C19H22N6O3S. The first kappa shape index (κ1) is 20.5. The molecule has 2 heterocycles.